The normalized spacial score (nSPS) is 14.6. The van der Waals surface area contributed by atoms with Gasteiger partial charge in [0.1, 0.15) is 18.1 Å². The number of carbonyl (C=O) groups excluding carboxylic acids is 4. The van der Waals surface area contributed by atoms with Crippen molar-refractivity contribution in [3.05, 3.63) is 18.2 Å². The molecule has 4 atom stereocenters. The smallest absolute Gasteiger partial charge is 0.326 e. The van der Waals surface area contributed by atoms with Crippen LogP contribution in [-0.2, 0) is 30.4 Å². The molecule has 1 aromatic rings. The van der Waals surface area contributed by atoms with Gasteiger partial charge >= 0.3 is 5.97 Å². The quantitative estimate of drug-likeness (QED) is 0.161. The summed E-state index contributed by atoms with van der Waals surface area (Å²) in [6, 6.07) is -5.28. The van der Waals surface area contributed by atoms with Gasteiger partial charge in [0, 0.05) is 18.3 Å². The number of H-pyrrole nitrogens is 1. The van der Waals surface area contributed by atoms with E-state index in [-0.39, 0.29) is 6.42 Å². The first kappa shape index (κ1) is 24.5. The van der Waals surface area contributed by atoms with Gasteiger partial charge in [-0.25, -0.2) is 9.78 Å². The predicted octanol–water partition coefficient (Wildman–Crippen LogP) is -4.29. The second-order valence-corrected chi connectivity index (χ2v) is 6.44. The number of hydrogen-bond donors (Lipinski definition) is 8. The first-order valence-corrected chi connectivity index (χ1v) is 8.81. The topological polar surface area (TPSA) is 243 Å². The molecule has 1 heterocycles. The SMILES string of the molecule is CC(N)C(=O)NC(CO)C(=O)NC(Cc1cnc[nH]1)C(=O)NC(CC(N)=O)C(=O)O. The van der Waals surface area contributed by atoms with Gasteiger partial charge in [0.25, 0.3) is 0 Å². The summed E-state index contributed by atoms with van der Waals surface area (Å²) in [5.41, 5.74) is 10.8. The Hall–Kier alpha value is -3.52. The van der Waals surface area contributed by atoms with Gasteiger partial charge in [-0.3, -0.25) is 19.2 Å². The van der Waals surface area contributed by atoms with Gasteiger partial charge in [-0.2, -0.15) is 0 Å². The van der Waals surface area contributed by atoms with Gasteiger partial charge in [0.15, 0.2) is 0 Å². The maximum absolute atomic E-state index is 12.6. The second-order valence-electron chi connectivity index (χ2n) is 6.44. The number of hydrogen-bond acceptors (Lipinski definition) is 8. The Labute approximate surface area is 170 Å². The molecule has 166 valence electrons. The summed E-state index contributed by atoms with van der Waals surface area (Å²) >= 11 is 0. The average Bonchev–Trinajstić information content (AvgIpc) is 3.17. The number of nitrogens with zero attached hydrogens (tertiary/aromatic N) is 1. The third kappa shape index (κ3) is 7.84. The van der Waals surface area contributed by atoms with Crippen LogP contribution in [0.25, 0.3) is 0 Å². The highest BCUT2D eigenvalue weighted by molar-refractivity contribution is 5.95. The average molecular weight is 427 g/mol. The number of amides is 4. The molecule has 0 aliphatic rings. The van der Waals surface area contributed by atoms with E-state index in [1.165, 1.54) is 19.4 Å². The number of primary amides is 1. The molecule has 0 bridgehead atoms. The predicted molar refractivity (Wildman–Crippen MR) is 100 cm³/mol. The molecule has 0 aromatic carbocycles. The lowest BCUT2D eigenvalue weighted by Gasteiger charge is -2.23. The fraction of sp³-hybridized carbons (Fsp3) is 0.500. The van der Waals surface area contributed by atoms with Crippen molar-refractivity contribution in [2.45, 2.75) is 43.9 Å². The van der Waals surface area contributed by atoms with Crippen molar-refractivity contribution >= 4 is 29.6 Å². The van der Waals surface area contributed by atoms with Crippen LogP contribution in [0.3, 0.4) is 0 Å². The summed E-state index contributed by atoms with van der Waals surface area (Å²) in [4.78, 5) is 65.5. The molecule has 4 amide bonds. The van der Waals surface area contributed by atoms with Gasteiger partial charge in [-0.15, -0.1) is 0 Å². The Morgan fingerprint density at radius 1 is 1.07 bits per heavy atom. The molecule has 0 aliphatic heterocycles. The number of nitrogens with one attached hydrogen (secondary N) is 4. The first-order valence-electron chi connectivity index (χ1n) is 8.81. The lowest BCUT2D eigenvalue weighted by Crippen LogP contribution is -2.58. The molecule has 0 aliphatic carbocycles. The van der Waals surface area contributed by atoms with Crippen molar-refractivity contribution < 1.29 is 34.2 Å². The number of nitrogens with two attached hydrogens (primary N) is 2. The molecular formula is C16H25N7O7. The van der Waals surface area contributed by atoms with E-state index in [1.54, 1.807) is 0 Å². The van der Waals surface area contributed by atoms with Crippen LogP contribution in [0.1, 0.15) is 19.0 Å². The highest BCUT2D eigenvalue weighted by Crippen LogP contribution is 2.02. The minimum absolute atomic E-state index is 0.125. The summed E-state index contributed by atoms with van der Waals surface area (Å²) in [7, 11) is 0. The van der Waals surface area contributed by atoms with E-state index < -0.39 is 66.8 Å². The minimum atomic E-state index is -1.61. The Balaban J connectivity index is 2.97. The van der Waals surface area contributed by atoms with E-state index in [9.17, 15) is 29.1 Å². The van der Waals surface area contributed by atoms with Crippen LogP contribution in [0.15, 0.2) is 12.5 Å². The second kappa shape index (κ2) is 11.5. The number of rotatable bonds is 12. The van der Waals surface area contributed by atoms with Crippen LogP contribution in [0.2, 0.25) is 0 Å². The molecule has 14 heteroatoms. The number of aliphatic hydroxyl groups is 1. The zero-order chi connectivity index (χ0) is 22.8. The van der Waals surface area contributed by atoms with Crippen molar-refractivity contribution in [3.8, 4) is 0 Å². The zero-order valence-electron chi connectivity index (χ0n) is 16.1. The number of aromatic nitrogens is 2. The number of aliphatic hydroxyl groups excluding tert-OH is 1. The lowest BCUT2D eigenvalue weighted by molar-refractivity contribution is -0.143. The zero-order valence-corrected chi connectivity index (χ0v) is 16.1. The van der Waals surface area contributed by atoms with Crippen LogP contribution in [-0.4, -0.2) is 80.6 Å². The third-order valence-corrected chi connectivity index (χ3v) is 3.86. The Kier molecular flexibility index (Phi) is 9.38. The largest absolute Gasteiger partial charge is 0.480 e. The first-order chi connectivity index (χ1) is 14.0. The molecule has 0 radical (unpaired) electrons. The summed E-state index contributed by atoms with van der Waals surface area (Å²) in [6.07, 6.45) is 1.93. The molecule has 30 heavy (non-hydrogen) atoms. The van der Waals surface area contributed by atoms with E-state index in [4.69, 9.17) is 16.6 Å². The maximum Gasteiger partial charge on any atom is 0.326 e. The van der Waals surface area contributed by atoms with Crippen molar-refractivity contribution in [3.63, 3.8) is 0 Å². The number of carboxylic acid groups (broad SMARTS) is 1. The molecule has 0 saturated heterocycles. The molecule has 10 N–H and O–H groups in total. The van der Waals surface area contributed by atoms with Crippen LogP contribution in [0, 0.1) is 0 Å². The van der Waals surface area contributed by atoms with E-state index >= 15 is 0 Å². The van der Waals surface area contributed by atoms with Gasteiger partial charge < -0.3 is 42.6 Å². The van der Waals surface area contributed by atoms with Crippen molar-refractivity contribution in [1.82, 2.24) is 25.9 Å². The van der Waals surface area contributed by atoms with E-state index in [1.807, 2.05) is 0 Å². The van der Waals surface area contributed by atoms with Gasteiger partial charge in [-0.05, 0) is 6.92 Å². The Morgan fingerprint density at radius 3 is 2.10 bits per heavy atom. The molecule has 14 nitrogen and oxygen atoms in total. The van der Waals surface area contributed by atoms with Crippen molar-refractivity contribution in [2.75, 3.05) is 6.61 Å². The highest BCUT2D eigenvalue weighted by atomic mass is 16.4. The molecule has 4 unspecified atom stereocenters. The van der Waals surface area contributed by atoms with E-state index in [0.29, 0.717) is 5.69 Å². The van der Waals surface area contributed by atoms with E-state index in [0.717, 1.165) is 0 Å². The third-order valence-electron chi connectivity index (χ3n) is 3.86. The Bertz CT molecular complexity index is 766. The molecule has 1 aromatic heterocycles. The van der Waals surface area contributed by atoms with Gasteiger partial charge in [-0.1, -0.05) is 0 Å². The van der Waals surface area contributed by atoms with Crippen molar-refractivity contribution in [1.29, 1.82) is 0 Å². The lowest BCUT2D eigenvalue weighted by atomic mass is 10.1. The summed E-state index contributed by atoms with van der Waals surface area (Å²) < 4.78 is 0. The van der Waals surface area contributed by atoms with Crippen LogP contribution >= 0.6 is 0 Å². The molecule has 0 spiro atoms. The summed E-state index contributed by atoms with van der Waals surface area (Å²) in [5.74, 6) is -4.98. The highest BCUT2D eigenvalue weighted by Gasteiger charge is 2.30. The summed E-state index contributed by atoms with van der Waals surface area (Å²) in [5, 5.41) is 25.2. The van der Waals surface area contributed by atoms with E-state index in [2.05, 4.69) is 25.9 Å². The molecular weight excluding hydrogens is 402 g/mol. The minimum Gasteiger partial charge on any atom is -0.480 e. The fourth-order valence-corrected chi connectivity index (χ4v) is 2.27. The van der Waals surface area contributed by atoms with Gasteiger partial charge in [0.2, 0.25) is 23.6 Å². The van der Waals surface area contributed by atoms with Crippen molar-refractivity contribution in [2.24, 2.45) is 11.5 Å². The summed E-state index contributed by atoms with van der Waals surface area (Å²) in [6.45, 7) is 0.600. The molecule has 0 saturated carbocycles. The number of aromatic amines is 1. The standard InChI is InChI=1S/C16H25N7O7/c1-7(17)13(26)23-11(5-24)15(28)21-9(2-8-4-19-6-20-8)14(27)22-10(16(29)30)3-12(18)25/h4,6-7,9-11,24H,2-3,5,17H2,1H3,(H2,18,25)(H,19,20)(H,21,28)(H,22,27)(H,23,26)(H,29,30). The number of carbonyl (C=O) groups is 5. The number of imidazole rings is 1. The van der Waals surface area contributed by atoms with Crippen LogP contribution < -0.4 is 27.4 Å². The molecule has 1 rings (SSSR count). The van der Waals surface area contributed by atoms with Gasteiger partial charge in [0.05, 0.1) is 25.4 Å². The number of carboxylic acids is 1. The Morgan fingerprint density at radius 2 is 1.63 bits per heavy atom. The van der Waals surface area contributed by atoms with Crippen LogP contribution in [0.5, 0.6) is 0 Å². The monoisotopic (exact) mass is 427 g/mol. The number of aliphatic carboxylic acids is 1. The van der Waals surface area contributed by atoms with Crippen LogP contribution in [0.4, 0.5) is 0 Å². The fourth-order valence-electron chi connectivity index (χ4n) is 2.27. The maximum atomic E-state index is 12.6. The molecule has 0 fully saturated rings.